The predicted octanol–water partition coefficient (Wildman–Crippen LogP) is 0.544. The maximum Gasteiger partial charge on any atom is 0.224 e. The van der Waals surface area contributed by atoms with Gasteiger partial charge < -0.3 is 15.5 Å². The summed E-state index contributed by atoms with van der Waals surface area (Å²) in [7, 11) is 4.09. The first-order chi connectivity index (χ1) is 7.91. The molecule has 0 aromatic carbocycles. The molecule has 3 atom stereocenters. The SMILES string of the molecule is CC(C)C(CN(C)C)NC(=O)[C@@H]1CNC[C@H]1C. The van der Waals surface area contributed by atoms with Gasteiger partial charge in [-0.05, 0) is 32.5 Å². The van der Waals surface area contributed by atoms with Gasteiger partial charge in [-0.2, -0.15) is 0 Å². The Morgan fingerprint density at radius 2 is 2.06 bits per heavy atom. The fourth-order valence-electron chi connectivity index (χ4n) is 2.27. The minimum atomic E-state index is 0.137. The fraction of sp³-hybridized carbons (Fsp3) is 0.923. The summed E-state index contributed by atoms with van der Waals surface area (Å²) in [6, 6.07) is 0.241. The lowest BCUT2D eigenvalue weighted by molar-refractivity contribution is -0.126. The molecule has 17 heavy (non-hydrogen) atoms. The Bertz CT molecular complexity index is 253. The highest BCUT2D eigenvalue weighted by Gasteiger charge is 2.31. The van der Waals surface area contributed by atoms with Gasteiger partial charge in [-0.25, -0.2) is 0 Å². The highest BCUT2D eigenvalue weighted by molar-refractivity contribution is 5.79. The average Bonchev–Trinajstić information content (AvgIpc) is 2.62. The molecular formula is C13H27N3O. The first-order valence-electron chi connectivity index (χ1n) is 6.57. The van der Waals surface area contributed by atoms with E-state index in [2.05, 4.69) is 36.3 Å². The van der Waals surface area contributed by atoms with Gasteiger partial charge in [0.15, 0.2) is 0 Å². The Morgan fingerprint density at radius 1 is 1.41 bits per heavy atom. The van der Waals surface area contributed by atoms with Crippen LogP contribution in [0.3, 0.4) is 0 Å². The van der Waals surface area contributed by atoms with Crippen LogP contribution >= 0.6 is 0 Å². The van der Waals surface area contributed by atoms with Crippen LogP contribution in [-0.4, -0.2) is 50.6 Å². The number of amides is 1. The van der Waals surface area contributed by atoms with Gasteiger partial charge in [0, 0.05) is 19.1 Å². The number of nitrogens with one attached hydrogen (secondary N) is 2. The molecule has 1 rings (SSSR count). The quantitative estimate of drug-likeness (QED) is 0.738. The standard InChI is InChI=1S/C13H27N3O/c1-9(2)12(8-16(4)5)15-13(17)11-7-14-6-10(11)3/h9-12,14H,6-8H2,1-5H3,(H,15,17)/t10-,11-,12?/m1/s1. The van der Waals surface area contributed by atoms with Crippen LogP contribution in [0, 0.1) is 17.8 Å². The molecule has 1 heterocycles. The highest BCUT2D eigenvalue weighted by atomic mass is 16.2. The second kappa shape index (κ2) is 6.36. The molecule has 0 bridgehead atoms. The smallest absolute Gasteiger partial charge is 0.224 e. The van der Waals surface area contributed by atoms with Gasteiger partial charge in [0.1, 0.15) is 0 Å². The van der Waals surface area contributed by atoms with Crippen molar-refractivity contribution in [3.05, 3.63) is 0 Å². The van der Waals surface area contributed by atoms with Crippen LogP contribution in [0.25, 0.3) is 0 Å². The minimum absolute atomic E-state index is 0.137. The first kappa shape index (κ1) is 14.5. The van der Waals surface area contributed by atoms with E-state index in [9.17, 15) is 4.79 Å². The molecule has 1 unspecified atom stereocenters. The van der Waals surface area contributed by atoms with Crippen LogP contribution in [0.2, 0.25) is 0 Å². The van der Waals surface area contributed by atoms with E-state index in [-0.39, 0.29) is 17.9 Å². The van der Waals surface area contributed by atoms with Crippen molar-refractivity contribution in [3.8, 4) is 0 Å². The lowest BCUT2D eigenvalue weighted by Crippen LogP contribution is -2.48. The number of hydrogen-bond donors (Lipinski definition) is 2. The van der Waals surface area contributed by atoms with Gasteiger partial charge in [0.2, 0.25) is 5.91 Å². The molecule has 0 aliphatic carbocycles. The molecule has 1 amide bonds. The highest BCUT2D eigenvalue weighted by Crippen LogP contribution is 2.16. The van der Waals surface area contributed by atoms with E-state index < -0.39 is 0 Å². The molecule has 4 nitrogen and oxygen atoms in total. The van der Waals surface area contributed by atoms with Crippen LogP contribution in [-0.2, 0) is 4.79 Å². The van der Waals surface area contributed by atoms with E-state index in [1.54, 1.807) is 0 Å². The lowest BCUT2D eigenvalue weighted by Gasteiger charge is -2.27. The Kier molecular flexibility index (Phi) is 5.40. The number of nitrogens with zero attached hydrogens (tertiary/aromatic N) is 1. The van der Waals surface area contributed by atoms with Crippen LogP contribution in [0.5, 0.6) is 0 Å². The summed E-state index contributed by atoms with van der Waals surface area (Å²) in [6.07, 6.45) is 0. The zero-order valence-corrected chi connectivity index (χ0v) is 11.8. The summed E-state index contributed by atoms with van der Waals surface area (Å²) < 4.78 is 0. The normalized spacial score (nSPS) is 26.5. The van der Waals surface area contributed by atoms with E-state index in [1.807, 2.05) is 14.1 Å². The van der Waals surface area contributed by atoms with Crippen LogP contribution in [0.1, 0.15) is 20.8 Å². The number of carbonyl (C=O) groups excluding carboxylic acids is 1. The van der Waals surface area contributed by atoms with Crippen molar-refractivity contribution >= 4 is 5.91 Å². The van der Waals surface area contributed by atoms with Gasteiger partial charge in [0.25, 0.3) is 0 Å². The summed E-state index contributed by atoms with van der Waals surface area (Å²) >= 11 is 0. The maximum absolute atomic E-state index is 12.2. The second-order valence-corrected chi connectivity index (χ2v) is 5.86. The number of carbonyl (C=O) groups is 1. The van der Waals surface area contributed by atoms with Gasteiger partial charge in [-0.1, -0.05) is 20.8 Å². The molecule has 0 spiro atoms. The zero-order valence-electron chi connectivity index (χ0n) is 11.8. The van der Waals surface area contributed by atoms with Crippen molar-refractivity contribution < 1.29 is 4.79 Å². The third kappa shape index (κ3) is 4.28. The molecule has 1 fully saturated rings. The summed E-state index contributed by atoms with van der Waals surface area (Å²) in [4.78, 5) is 14.3. The summed E-state index contributed by atoms with van der Waals surface area (Å²) in [6.45, 7) is 9.13. The van der Waals surface area contributed by atoms with Crippen molar-refractivity contribution in [2.24, 2.45) is 17.8 Å². The molecule has 0 saturated carbocycles. The van der Waals surface area contributed by atoms with Gasteiger partial charge in [-0.3, -0.25) is 4.79 Å². The van der Waals surface area contributed by atoms with Crippen molar-refractivity contribution in [3.63, 3.8) is 0 Å². The largest absolute Gasteiger partial charge is 0.352 e. The Labute approximate surface area is 105 Å². The molecule has 4 heteroatoms. The Hall–Kier alpha value is -0.610. The van der Waals surface area contributed by atoms with Crippen LogP contribution < -0.4 is 10.6 Å². The Balaban J connectivity index is 2.51. The van der Waals surface area contributed by atoms with E-state index in [0.717, 1.165) is 19.6 Å². The number of rotatable bonds is 5. The molecule has 1 aliphatic rings. The number of hydrogen-bond acceptors (Lipinski definition) is 3. The summed E-state index contributed by atoms with van der Waals surface area (Å²) in [5.74, 6) is 1.26. The van der Waals surface area contributed by atoms with Gasteiger partial charge in [-0.15, -0.1) is 0 Å². The van der Waals surface area contributed by atoms with Crippen LogP contribution in [0.15, 0.2) is 0 Å². The molecule has 100 valence electrons. The minimum Gasteiger partial charge on any atom is -0.352 e. The molecule has 0 aromatic heterocycles. The average molecular weight is 241 g/mol. The first-order valence-corrected chi connectivity index (χ1v) is 6.57. The third-order valence-corrected chi connectivity index (χ3v) is 3.55. The third-order valence-electron chi connectivity index (χ3n) is 3.55. The lowest BCUT2D eigenvalue weighted by atomic mass is 9.95. The van der Waals surface area contributed by atoms with Gasteiger partial charge in [0.05, 0.1) is 5.92 Å². The molecule has 0 aromatic rings. The fourth-order valence-corrected chi connectivity index (χ4v) is 2.27. The zero-order chi connectivity index (χ0) is 13.0. The summed E-state index contributed by atoms with van der Waals surface area (Å²) in [5, 5.41) is 6.47. The van der Waals surface area contributed by atoms with Crippen molar-refractivity contribution in [1.82, 2.24) is 15.5 Å². The molecule has 1 aliphatic heterocycles. The second-order valence-electron chi connectivity index (χ2n) is 5.86. The molecule has 2 N–H and O–H groups in total. The maximum atomic E-state index is 12.2. The van der Waals surface area contributed by atoms with Crippen molar-refractivity contribution in [2.45, 2.75) is 26.8 Å². The molecule has 1 saturated heterocycles. The van der Waals surface area contributed by atoms with E-state index in [4.69, 9.17) is 0 Å². The van der Waals surface area contributed by atoms with Crippen molar-refractivity contribution in [1.29, 1.82) is 0 Å². The van der Waals surface area contributed by atoms with E-state index in [0.29, 0.717) is 11.8 Å². The topological polar surface area (TPSA) is 44.4 Å². The number of likely N-dealkylation sites (N-methyl/N-ethyl adjacent to an activating group) is 1. The monoisotopic (exact) mass is 241 g/mol. The van der Waals surface area contributed by atoms with Crippen LogP contribution in [0.4, 0.5) is 0 Å². The van der Waals surface area contributed by atoms with E-state index in [1.165, 1.54) is 0 Å². The van der Waals surface area contributed by atoms with Crippen molar-refractivity contribution in [2.75, 3.05) is 33.7 Å². The summed E-state index contributed by atoms with van der Waals surface area (Å²) in [5.41, 5.74) is 0. The Morgan fingerprint density at radius 3 is 2.47 bits per heavy atom. The van der Waals surface area contributed by atoms with E-state index >= 15 is 0 Å². The molecule has 0 radical (unpaired) electrons. The molecular weight excluding hydrogens is 214 g/mol. The predicted molar refractivity (Wildman–Crippen MR) is 70.8 cm³/mol. The van der Waals surface area contributed by atoms with Gasteiger partial charge >= 0.3 is 0 Å².